The molecule has 0 radical (unpaired) electrons. The molecule has 0 unspecified atom stereocenters. The fraction of sp³-hybridized carbons (Fsp3) is 0.692. The van der Waals surface area contributed by atoms with E-state index < -0.39 is 39.3 Å². The quantitative estimate of drug-likeness (QED) is 0.388. The third-order valence-corrected chi connectivity index (χ3v) is 10.4. The van der Waals surface area contributed by atoms with Gasteiger partial charge < -0.3 is 15.7 Å². The van der Waals surface area contributed by atoms with Crippen LogP contribution in [0.15, 0.2) is 18.2 Å². The molecule has 4 aliphatic rings. The van der Waals surface area contributed by atoms with Crippen LogP contribution in [0.25, 0.3) is 0 Å². The van der Waals surface area contributed by atoms with Gasteiger partial charge in [0.15, 0.2) is 0 Å². The van der Waals surface area contributed by atoms with Crippen LogP contribution in [0.3, 0.4) is 0 Å². The first-order chi connectivity index (χ1) is 17.2. The Morgan fingerprint density at radius 3 is 2.51 bits per heavy atom. The summed E-state index contributed by atoms with van der Waals surface area (Å²) in [5.74, 6) is 0.0311. The molecule has 0 aromatic heterocycles. The molecule has 8 nitrogen and oxygen atoms in total. The second-order valence-electron chi connectivity index (χ2n) is 11.9. The Morgan fingerprint density at radius 1 is 1.14 bits per heavy atom. The SMILES string of the molecule is C[C@]12CCC(=O)N[C@@H]1CC[C@@H]1[C@@H]2CC[C@@]2(C)[C@H]1CC[C@]2(O)C(=O)Nc1ccc([N+](=O)[O-])c(C(F)(F)F)c1. The maximum absolute atomic E-state index is 13.4. The Morgan fingerprint density at radius 2 is 1.84 bits per heavy atom. The van der Waals surface area contributed by atoms with Crippen LogP contribution in [0.5, 0.6) is 0 Å². The Bertz CT molecular complexity index is 1160. The van der Waals surface area contributed by atoms with Crippen molar-refractivity contribution in [3.8, 4) is 0 Å². The molecule has 3 saturated carbocycles. The summed E-state index contributed by atoms with van der Waals surface area (Å²) in [6, 6.07) is 2.45. The smallest absolute Gasteiger partial charge is 0.379 e. The van der Waals surface area contributed by atoms with Crippen molar-refractivity contribution in [3.63, 3.8) is 0 Å². The summed E-state index contributed by atoms with van der Waals surface area (Å²) < 4.78 is 40.3. The Kier molecular flexibility index (Phi) is 5.89. The lowest BCUT2D eigenvalue weighted by Crippen LogP contribution is -2.63. The molecule has 1 saturated heterocycles. The Labute approximate surface area is 212 Å². The number of hydrogen-bond acceptors (Lipinski definition) is 5. The monoisotopic (exact) mass is 523 g/mol. The molecule has 0 bridgehead atoms. The molecule has 1 aliphatic heterocycles. The second-order valence-corrected chi connectivity index (χ2v) is 11.9. The highest BCUT2D eigenvalue weighted by Gasteiger charge is 2.67. The molecule has 202 valence electrons. The highest BCUT2D eigenvalue weighted by molar-refractivity contribution is 5.98. The standard InChI is InChI=1S/C26H32F3N3O5/c1-23-10-9-21(33)31-20(23)6-4-15-16(23)7-11-24(2)17(15)8-12-25(24,35)22(34)30-14-3-5-19(32(36)37)18(13-14)26(27,28)29/h3,5,13,15-17,20,35H,4,6-12H2,1-2H3,(H,30,34)(H,31,33)/t15-,16+,17+,20-,23-,24+,25+/m1/s1. The largest absolute Gasteiger partial charge is 0.423 e. The third kappa shape index (κ3) is 3.83. The molecular weight excluding hydrogens is 491 g/mol. The highest BCUT2D eigenvalue weighted by atomic mass is 19.4. The fourth-order valence-corrected chi connectivity index (χ4v) is 8.33. The van der Waals surface area contributed by atoms with E-state index >= 15 is 0 Å². The van der Waals surface area contributed by atoms with E-state index in [1.807, 2.05) is 6.92 Å². The molecule has 3 N–H and O–H groups in total. The van der Waals surface area contributed by atoms with Gasteiger partial charge in [0.1, 0.15) is 11.2 Å². The minimum Gasteiger partial charge on any atom is -0.379 e. The Hall–Kier alpha value is -2.69. The van der Waals surface area contributed by atoms with E-state index in [1.165, 1.54) is 0 Å². The molecule has 37 heavy (non-hydrogen) atoms. The summed E-state index contributed by atoms with van der Waals surface area (Å²) in [4.78, 5) is 35.4. The molecule has 1 aromatic rings. The predicted molar refractivity (Wildman–Crippen MR) is 127 cm³/mol. The second kappa shape index (κ2) is 8.41. The number of fused-ring (bicyclic) bond motifs is 5. The number of rotatable bonds is 3. The summed E-state index contributed by atoms with van der Waals surface area (Å²) >= 11 is 0. The van der Waals surface area contributed by atoms with Crippen LogP contribution in [0, 0.1) is 38.7 Å². The van der Waals surface area contributed by atoms with Crippen LogP contribution in [-0.4, -0.2) is 33.5 Å². The molecule has 4 fully saturated rings. The minimum absolute atomic E-state index is 0.0339. The molecular formula is C26H32F3N3O5. The van der Waals surface area contributed by atoms with E-state index in [1.54, 1.807) is 0 Å². The van der Waals surface area contributed by atoms with Crippen molar-refractivity contribution in [2.75, 3.05) is 5.32 Å². The van der Waals surface area contributed by atoms with Crippen molar-refractivity contribution >= 4 is 23.2 Å². The summed E-state index contributed by atoms with van der Waals surface area (Å²) in [5.41, 5.74) is -5.37. The van der Waals surface area contributed by atoms with Crippen molar-refractivity contribution in [1.29, 1.82) is 0 Å². The van der Waals surface area contributed by atoms with Crippen molar-refractivity contribution in [3.05, 3.63) is 33.9 Å². The van der Waals surface area contributed by atoms with Gasteiger partial charge in [0.05, 0.1) is 4.92 Å². The van der Waals surface area contributed by atoms with E-state index in [4.69, 9.17) is 0 Å². The van der Waals surface area contributed by atoms with Crippen LogP contribution in [0.4, 0.5) is 24.5 Å². The number of alkyl halides is 3. The predicted octanol–water partition coefficient (Wildman–Crippen LogP) is 4.80. The number of hydrogen-bond donors (Lipinski definition) is 3. The zero-order valence-corrected chi connectivity index (χ0v) is 20.9. The zero-order chi connectivity index (χ0) is 27.0. The summed E-state index contributed by atoms with van der Waals surface area (Å²) in [7, 11) is 0. The number of nitrogens with one attached hydrogen (secondary N) is 2. The van der Waals surface area contributed by atoms with Crippen molar-refractivity contribution < 1.29 is 32.8 Å². The van der Waals surface area contributed by atoms with Gasteiger partial charge in [-0.15, -0.1) is 0 Å². The van der Waals surface area contributed by atoms with Gasteiger partial charge in [-0.3, -0.25) is 19.7 Å². The molecule has 0 spiro atoms. The van der Waals surface area contributed by atoms with Gasteiger partial charge in [0.25, 0.3) is 11.6 Å². The van der Waals surface area contributed by atoms with E-state index in [2.05, 4.69) is 17.6 Å². The van der Waals surface area contributed by atoms with Crippen LogP contribution in [-0.2, 0) is 15.8 Å². The number of carbonyl (C=O) groups excluding carboxylic acids is 2. The number of nitrogens with zero attached hydrogens (tertiary/aromatic N) is 1. The van der Waals surface area contributed by atoms with E-state index in [9.17, 15) is 38.0 Å². The van der Waals surface area contributed by atoms with Crippen molar-refractivity contribution in [2.24, 2.45) is 28.6 Å². The van der Waals surface area contributed by atoms with Gasteiger partial charge in [-0.05, 0) is 80.2 Å². The molecule has 2 amide bonds. The van der Waals surface area contributed by atoms with Gasteiger partial charge >= 0.3 is 6.18 Å². The number of nitro benzene ring substituents is 1. The first kappa shape index (κ1) is 25.9. The zero-order valence-electron chi connectivity index (χ0n) is 20.9. The van der Waals surface area contributed by atoms with E-state index in [0.717, 1.165) is 37.8 Å². The van der Waals surface area contributed by atoms with Crippen LogP contribution in [0.1, 0.15) is 70.8 Å². The maximum atomic E-state index is 13.4. The average molecular weight is 524 g/mol. The molecule has 1 aromatic carbocycles. The number of halogens is 3. The maximum Gasteiger partial charge on any atom is 0.423 e. The van der Waals surface area contributed by atoms with Gasteiger partial charge in [0, 0.05) is 29.6 Å². The molecule has 3 aliphatic carbocycles. The average Bonchev–Trinajstić information content (AvgIpc) is 3.10. The minimum atomic E-state index is -4.98. The number of aliphatic hydroxyl groups is 1. The third-order valence-electron chi connectivity index (χ3n) is 10.4. The van der Waals surface area contributed by atoms with Gasteiger partial charge in [0.2, 0.25) is 5.91 Å². The number of amides is 2. The topological polar surface area (TPSA) is 122 Å². The van der Waals surface area contributed by atoms with Gasteiger partial charge in [-0.2, -0.15) is 13.2 Å². The first-order valence-electron chi connectivity index (χ1n) is 12.9. The summed E-state index contributed by atoms with van der Waals surface area (Å²) in [6.45, 7) is 4.16. The number of anilines is 1. The number of carbonyl (C=O) groups is 2. The van der Waals surface area contributed by atoms with Crippen molar-refractivity contribution in [1.82, 2.24) is 5.32 Å². The van der Waals surface area contributed by atoms with Crippen molar-refractivity contribution in [2.45, 2.75) is 83.0 Å². The van der Waals surface area contributed by atoms with Crippen LogP contribution < -0.4 is 10.6 Å². The van der Waals surface area contributed by atoms with Crippen LogP contribution >= 0.6 is 0 Å². The normalized spacial score (nSPS) is 39.1. The number of nitro groups is 1. The number of piperidine rings is 1. The Balaban J connectivity index is 1.39. The van der Waals surface area contributed by atoms with Gasteiger partial charge in [-0.25, -0.2) is 0 Å². The summed E-state index contributed by atoms with van der Waals surface area (Å²) in [5, 5.41) is 28.4. The highest BCUT2D eigenvalue weighted by Crippen LogP contribution is 2.66. The van der Waals surface area contributed by atoms with Gasteiger partial charge in [-0.1, -0.05) is 13.8 Å². The molecule has 5 rings (SSSR count). The lowest BCUT2D eigenvalue weighted by atomic mass is 9.46. The summed E-state index contributed by atoms with van der Waals surface area (Å²) in [6.07, 6.45) is 0.293. The van der Waals surface area contributed by atoms with E-state index in [0.29, 0.717) is 31.2 Å². The molecule has 7 atom stereocenters. The number of benzene rings is 1. The lowest BCUT2D eigenvalue weighted by molar-refractivity contribution is -0.388. The van der Waals surface area contributed by atoms with Crippen LogP contribution in [0.2, 0.25) is 0 Å². The first-order valence-corrected chi connectivity index (χ1v) is 12.9. The molecule has 11 heteroatoms. The lowest BCUT2D eigenvalue weighted by Gasteiger charge is -2.60. The van der Waals surface area contributed by atoms with E-state index in [-0.39, 0.29) is 41.3 Å². The molecule has 1 heterocycles. The fourth-order valence-electron chi connectivity index (χ4n) is 8.33.